The van der Waals surface area contributed by atoms with E-state index in [0.717, 1.165) is 41.9 Å². The molecule has 0 aliphatic carbocycles. The summed E-state index contributed by atoms with van der Waals surface area (Å²) in [5, 5.41) is 2.89. The zero-order valence-electron chi connectivity index (χ0n) is 15.3. The molecule has 0 bridgehead atoms. The number of rotatable bonds is 5. The fourth-order valence-electron chi connectivity index (χ4n) is 3.07. The van der Waals surface area contributed by atoms with Gasteiger partial charge in [-0.3, -0.25) is 4.79 Å². The van der Waals surface area contributed by atoms with Crippen LogP contribution < -0.4 is 10.2 Å². The Hall–Kier alpha value is -2.18. The number of anilines is 1. The fourth-order valence-corrected chi connectivity index (χ4v) is 3.44. The molecule has 0 aromatic heterocycles. The Labute approximate surface area is 167 Å². The van der Waals surface area contributed by atoms with Crippen molar-refractivity contribution in [1.29, 1.82) is 0 Å². The van der Waals surface area contributed by atoms with Crippen LogP contribution in [0.2, 0.25) is 0 Å². The van der Waals surface area contributed by atoms with E-state index >= 15 is 0 Å². The van der Waals surface area contributed by atoms with Gasteiger partial charge in [0.2, 0.25) is 5.91 Å². The van der Waals surface area contributed by atoms with Crippen LogP contribution in [0.15, 0.2) is 53.0 Å². The molecule has 1 N–H and O–H groups in total. The van der Waals surface area contributed by atoms with Gasteiger partial charge in [0.25, 0.3) is 0 Å². The maximum absolute atomic E-state index is 13.7. The zero-order valence-corrected chi connectivity index (χ0v) is 16.9. The minimum Gasteiger partial charge on any atom is -0.369 e. The summed E-state index contributed by atoms with van der Waals surface area (Å²) in [5.74, 6) is -0.606. The van der Waals surface area contributed by atoms with Gasteiger partial charge in [-0.2, -0.15) is 0 Å². The van der Waals surface area contributed by atoms with E-state index < -0.39 is 0 Å². The molecule has 27 heavy (non-hydrogen) atoms. The van der Waals surface area contributed by atoms with Gasteiger partial charge in [0.1, 0.15) is 5.82 Å². The number of likely N-dealkylation sites (N-methyl/N-ethyl adjacent to an activating group) is 1. The van der Waals surface area contributed by atoms with Crippen molar-refractivity contribution in [2.75, 3.05) is 38.1 Å². The Kier molecular flexibility index (Phi) is 6.63. The first-order valence-electron chi connectivity index (χ1n) is 8.95. The predicted octanol–water partition coefficient (Wildman–Crippen LogP) is 3.67. The zero-order chi connectivity index (χ0) is 19.2. The highest BCUT2D eigenvalue weighted by Crippen LogP contribution is 2.21. The number of benzene rings is 2. The fraction of sp³-hybridized carbons (Fsp3) is 0.286. The van der Waals surface area contributed by atoms with Crippen LogP contribution in [-0.2, 0) is 11.3 Å². The Bertz CT molecular complexity index is 832. The minimum absolute atomic E-state index is 0.248. The summed E-state index contributed by atoms with van der Waals surface area (Å²) < 4.78 is 14.5. The Balaban J connectivity index is 1.62. The predicted molar refractivity (Wildman–Crippen MR) is 111 cm³/mol. The number of halogens is 2. The van der Waals surface area contributed by atoms with Gasteiger partial charge >= 0.3 is 0 Å². The standard InChI is InChI=1S/C21H23BrFN3O/c1-25-10-12-26(13-11-25)20-5-3-2-4-17(20)15-24-21(27)9-6-16-14-18(22)7-8-19(16)23/h2-9,14H,10-13,15H2,1H3,(H,24,27)/b9-6+. The molecule has 0 saturated carbocycles. The molecule has 1 aliphatic rings. The third-order valence-corrected chi connectivity index (χ3v) is 5.15. The lowest BCUT2D eigenvalue weighted by molar-refractivity contribution is -0.116. The lowest BCUT2D eigenvalue weighted by Crippen LogP contribution is -2.45. The van der Waals surface area contributed by atoms with Gasteiger partial charge in [0.05, 0.1) is 0 Å². The van der Waals surface area contributed by atoms with Crippen LogP contribution in [0.4, 0.5) is 10.1 Å². The highest BCUT2D eigenvalue weighted by Gasteiger charge is 2.16. The van der Waals surface area contributed by atoms with Gasteiger partial charge in [-0.15, -0.1) is 0 Å². The maximum Gasteiger partial charge on any atom is 0.244 e. The van der Waals surface area contributed by atoms with Crippen LogP contribution in [-0.4, -0.2) is 44.0 Å². The maximum atomic E-state index is 13.7. The second-order valence-corrected chi connectivity index (χ2v) is 7.55. The van der Waals surface area contributed by atoms with Crippen molar-refractivity contribution in [3.63, 3.8) is 0 Å². The monoisotopic (exact) mass is 431 g/mol. The highest BCUT2D eigenvalue weighted by atomic mass is 79.9. The van der Waals surface area contributed by atoms with E-state index in [1.807, 2.05) is 18.2 Å². The van der Waals surface area contributed by atoms with Crippen molar-refractivity contribution in [2.24, 2.45) is 0 Å². The number of carbonyl (C=O) groups is 1. The van der Waals surface area contributed by atoms with Crippen LogP contribution in [0.5, 0.6) is 0 Å². The number of amides is 1. The molecule has 0 radical (unpaired) electrons. The molecule has 2 aromatic rings. The Morgan fingerprint density at radius 1 is 1.19 bits per heavy atom. The number of nitrogens with one attached hydrogen (secondary N) is 1. The lowest BCUT2D eigenvalue weighted by atomic mass is 10.1. The molecule has 1 saturated heterocycles. The molecule has 1 fully saturated rings. The smallest absolute Gasteiger partial charge is 0.244 e. The number of piperazine rings is 1. The van der Waals surface area contributed by atoms with Crippen LogP contribution in [0.1, 0.15) is 11.1 Å². The number of nitrogens with zero attached hydrogens (tertiary/aromatic N) is 2. The quantitative estimate of drug-likeness (QED) is 0.733. The van der Waals surface area contributed by atoms with E-state index in [-0.39, 0.29) is 11.7 Å². The summed E-state index contributed by atoms with van der Waals surface area (Å²) in [6.45, 7) is 4.45. The van der Waals surface area contributed by atoms with Gasteiger partial charge < -0.3 is 15.1 Å². The van der Waals surface area contributed by atoms with Gasteiger partial charge in [-0.05, 0) is 43.0 Å². The van der Waals surface area contributed by atoms with E-state index in [0.29, 0.717) is 12.1 Å². The molecule has 2 aromatic carbocycles. The summed E-state index contributed by atoms with van der Waals surface area (Å²) >= 11 is 3.31. The van der Waals surface area contributed by atoms with Crippen molar-refractivity contribution in [3.8, 4) is 0 Å². The van der Waals surface area contributed by atoms with Gasteiger partial charge in [-0.25, -0.2) is 4.39 Å². The largest absolute Gasteiger partial charge is 0.369 e. The van der Waals surface area contributed by atoms with Crippen molar-refractivity contribution in [1.82, 2.24) is 10.2 Å². The molecule has 0 spiro atoms. The van der Waals surface area contributed by atoms with Crippen molar-refractivity contribution < 1.29 is 9.18 Å². The van der Waals surface area contributed by atoms with Gasteiger partial charge in [-0.1, -0.05) is 34.1 Å². The van der Waals surface area contributed by atoms with Crippen molar-refractivity contribution in [2.45, 2.75) is 6.54 Å². The molecule has 1 amide bonds. The summed E-state index contributed by atoms with van der Waals surface area (Å²) in [6.07, 6.45) is 2.85. The molecule has 0 unspecified atom stereocenters. The highest BCUT2D eigenvalue weighted by molar-refractivity contribution is 9.10. The van der Waals surface area contributed by atoms with E-state index in [1.54, 1.807) is 12.1 Å². The van der Waals surface area contributed by atoms with E-state index in [9.17, 15) is 9.18 Å². The van der Waals surface area contributed by atoms with Crippen molar-refractivity contribution >= 4 is 33.6 Å². The Morgan fingerprint density at radius 3 is 2.70 bits per heavy atom. The normalized spacial score (nSPS) is 15.3. The molecule has 3 rings (SSSR count). The molecule has 1 aliphatic heterocycles. The molecule has 142 valence electrons. The van der Waals surface area contributed by atoms with Crippen molar-refractivity contribution in [3.05, 3.63) is 70.0 Å². The van der Waals surface area contributed by atoms with Gasteiger partial charge in [0, 0.05) is 54.5 Å². The summed E-state index contributed by atoms with van der Waals surface area (Å²) in [7, 11) is 2.13. The van der Waals surface area contributed by atoms with Crippen LogP contribution >= 0.6 is 15.9 Å². The summed E-state index contributed by atoms with van der Waals surface area (Å²) in [6, 6.07) is 12.8. The van der Waals surface area contributed by atoms with Crippen LogP contribution in [0.25, 0.3) is 6.08 Å². The van der Waals surface area contributed by atoms with Crippen LogP contribution in [0.3, 0.4) is 0 Å². The van der Waals surface area contributed by atoms with Gasteiger partial charge in [0.15, 0.2) is 0 Å². The third kappa shape index (κ3) is 5.40. The number of carbonyl (C=O) groups excluding carboxylic acids is 1. The first-order valence-corrected chi connectivity index (χ1v) is 9.74. The second kappa shape index (κ2) is 9.15. The third-order valence-electron chi connectivity index (χ3n) is 4.66. The molecular weight excluding hydrogens is 409 g/mol. The summed E-state index contributed by atoms with van der Waals surface area (Å²) in [5.41, 5.74) is 2.61. The Morgan fingerprint density at radius 2 is 1.93 bits per heavy atom. The van der Waals surface area contributed by atoms with E-state index in [1.165, 1.54) is 18.2 Å². The van der Waals surface area contributed by atoms with E-state index in [2.05, 4.69) is 44.2 Å². The summed E-state index contributed by atoms with van der Waals surface area (Å²) in [4.78, 5) is 16.8. The average molecular weight is 432 g/mol. The second-order valence-electron chi connectivity index (χ2n) is 6.64. The molecule has 1 heterocycles. The molecular formula is C21H23BrFN3O. The number of hydrogen-bond donors (Lipinski definition) is 1. The minimum atomic E-state index is -0.359. The lowest BCUT2D eigenvalue weighted by Gasteiger charge is -2.35. The number of para-hydroxylation sites is 1. The average Bonchev–Trinajstić information content (AvgIpc) is 2.68. The first-order chi connectivity index (χ1) is 13.0. The number of hydrogen-bond acceptors (Lipinski definition) is 3. The van der Waals surface area contributed by atoms with E-state index in [4.69, 9.17) is 0 Å². The SMILES string of the molecule is CN1CCN(c2ccccc2CNC(=O)/C=C/c2cc(Br)ccc2F)CC1. The molecule has 4 nitrogen and oxygen atoms in total. The van der Waals surface area contributed by atoms with Crippen LogP contribution in [0, 0.1) is 5.82 Å². The molecule has 6 heteroatoms. The topological polar surface area (TPSA) is 35.6 Å². The molecule has 0 atom stereocenters. The first kappa shape index (κ1) is 19.6.